The van der Waals surface area contributed by atoms with Crippen LogP contribution in [-0.4, -0.2) is 44.0 Å². The molecule has 0 aromatic rings. The third kappa shape index (κ3) is 5.01. The highest BCUT2D eigenvalue weighted by Crippen LogP contribution is 2.06. The van der Waals surface area contributed by atoms with Gasteiger partial charge >= 0.3 is 0 Å². The number of nitrogens with zero attached hydrogens (tertiary/aromatic N) is 1. The summed E-state index contributed by atoms with van der Waals surface area (Å²) in [5, 5.41) is 0. The Morgan fingerprint density at radius 1 is 1.38 bits per heavy atom. The molecule has 0 rings (SSSR count). The molecule has 0 amide bonds. The van der Waals surface area contributed by atoms with E-state index in [1.807, 2.05) is 0 Å². The van der Waals surface area contributed by atoms with Gasteiger partial charge < -0.3 is 9.53 Å². The summed E-state index contributed by atoms with van der Waals surface area (Å²) >= 11 is 0. The highest BCUT2D eigenvalue weighted by atomic mass is 16.5. The Bertz CT molecular complexity index is 124. The van der Waals surface area contributed by atoms with E-state index < -0.39 is 0 Å². The Hall–Kier alpha value is -0.410. The molecule has 0 saturated heterocycles. The van der Waals surface area contributed by atoms with E-state index in [0.29, 0.717) is 19.2 Å². The fraction of sp³-hybridized carbons (Fsp3) is 0.900. The van der Waals surface area contributed by atoms with Crippen LogP contribution in [0.2, 0.25) is 0 Å². The first-order chi connectivity index (χ1) is 6.29. The number of hydrogen-bond acceptors (Lipinski definition) is 3. The van der Waals surface area contributed by atoms with Gasteiger partial charge in [-0.15, -0.1) is 0 Å². The summed E-state index contributed by atoms with van der Waals surface area (Å²) in [4.78, 5) is 12.6. The quantitative estimate of drug-likeness (QED) is 0.537. The van der Waals surface area contributed by atoms with E-state index in [1.54, 1.807) is 7.11 Å². The van der Waals surface area contributed by atoms with E-state index in [2.05, 4.69) is 18.7 Å². The molecule has 0 saturated carbocycles. The van der Waals surface area contributed by atoms with Crippen molar-refractivity contribution in [2.75, 3.05) is 26.8 Å². The molecule has 0 atom stereocenters. The van der Waals surface area contributed by atoms with Crippen molar-refractivity contribution in [1.82, 2.24) is 4.90 Å². The zero-order valence-electron chi connectivity index (χ0n) is 8.95. The lowest BCUT2D eigenvalue weighted by molar-refractivity contribution is -0.109. The molecule has 0 aliphatic rings. The molecule has 0 N–H and O–H groups in total. The third-order valence-electron chi connectivity index (χ3n) is 2.35. The van der Waals surface area contributed by atoms with Gasteiger partial charge in [0.1, 0.15) is 6.29 Å². The Morgan fingerprint density at radius 2 is 2.00 bits per heavy atom. The van der Waals surface area contributed by atoms with Gasteiger partial charge in [-0.2, -0.15) is 0 Å². The molecule has 0 unspecified atom stereocenters. The van der Waals surface area contributed by atoms with E-state index in [0.717, 1.165) is 25.7 Å². The van der Waals surface area contributed by atoms with Crippen molar-refractivity contribution in [2.24, 2.45) is 0 Å². The van der Waals surface area contributed by atoms with Crippen LogP contribution in [0.1, 0.15) is 26.7 Å². The SMILES string of the molecule is CCC(CC)N(CC=O)CCOC. The van der Waals surface area contributed by atoms with Crippen molar-refractivity contribution in [3.63, 3.8) is 0 Å². The van der Waals surface area contributed by atoms with Crippen LogP contribution >= 0.6 is 0 Å². The number of carbonyl (C=O) groups is 1. The van der Waals surface area contributed by atoms with Crippen molar-refractivity contribution in [3.05, 3.63) is 0 Å². The number of aldehydes is 1. The maximum atomic E-state index is 10.4. The van der Waals surface area contributed by atoms with Crippen LogP contribution in [0.5, 0.6) is 0 Å². The summed E-state index contributed by atoms with van der Waals surface area (Å²) in [7, 11) is 1.69. The Kier molecular flexibility index (Phi) is 7.94. The highest BCUT2D eigenvalue weighted by molar-refractivity contribution is 5.52. The molecule has 0 aromatic heterocycles. The average molecular weight is 187 g/mol. The number of rotatable bonds is 8. The van der Waals surface area contributed by atoms with Crippen LogP contribution in [0.4, 0.5) is 0 Å². The van der Waals surface area contributed by atoms with E-state index >= 15 is 0 Å². The Balaban J connectivity index is 3.95. The van der Waals surface area contributed by atoms with Gasteiger partial charge in [-0.3, -0.25) is 4.90 Å². The number of methoxy groups -OCH3 is 1. The first-order valence-electron chi connectivity index (χ1n) is 4.96. The number of hydrogen-bond donors (Lipinski definition) is 0. The van der Waals surface area contributed by atoms with Crippen molar-refractivity contribution in [2.45, 2.75) is 32.7 Å². The van der Waals surface area contributed by atoms with Crippen molar-refractivity contribution >= 4 is 6.29 Å². The van der Waals surface area contributed by atoms with Gasteiger partial charge in [-0.05, 0) is 12.8 Å². The van der Waals surface area contributed by atoms with Gasteiger partial charge in [0.05, 0.1) is 13.2 Å². The molecule has 13 heavy (non-hydrogen) atoms. The molecule has 0 fully saturated rings. The second kappa shape index (κ2) is 8.20. The Labute approximate surface area is 81.1 Å². The summed E-state index contributed by atoms with van der Waals surface area (Å²) in [6.07, 6.45) is 3.15. The minimum Gasteiger partial charge on any atom is -0.383 e. The molecule has 0 aliphatic heterocycles. The normalized spacial score (nSPS) is 11.2. The third-order valence-corrected chi connectivity index (χ3v) is 2.35. The molecule has 0 spiro atoms. The van der Waals surface area contributed by atoms with Crippen LogP contribution in [0.25, 0.3) is 0 Å². The van der Waals surface area contributed by atoms with Gasteiger partial charge in [0.15, 0.2) is 0 Å². The smallest absolute Gasteiger partial charge is 0.133 e. The van der Waals surface area contributed by atoms with E-state index in [9.17, 15) is 4.79 Å². The van der Waals surface area contributed by atoms with Crippen LogP contribution in [0.3, 0.4) is 0 Å². The first-order valence-corrected chi connectivity index (χ1v) is 4.96. The molecular weight excluding hydrogens is 166 g/mol. The lowest BCUT2D eigenvalue weighted by Crippen LogP contribution is -2.38. The highest BCUT2D eigenvalue weighted by Gasteiger charge is 2.13. The number of carbonyl (C=O) groups excluding carboxylic acids is 1. The molecule has 0 radical (unpaired) electrons. The Morgan fingerprint density at radius 3 is 2.38 bits per heavy atom. The van der Waals surface area contributed by atoms with Gasteiger partial charge in [-0.1, -0.05) is 13.8 Å². The maximum absolute atomic E-state index is 10.4. The van der Waals surface area contributed by atoms with Crippen LogP contribution < -0.4 is 0 Å². The fourth-order valence-corrected chi connectivity index (χ4v) is 1.53. The van der Waals surface area contributed by atoms with Gasteiger partial charge in [-0.25, -0.2) is 0 Å². The van der Waals surface area contributed by atoms with E-state index in [1.165, 1.54) is 0 Å². The molecule has 0 heterocycles. The average Bonchev–Trinajstić information content (AvgIpc) is 2.16. The van der Waals surface area contributed by atoms with Crippen molar-refractivity contribution in [3.8, 4) is 0 Å². The first kappa shape index (κ1) is 12.6. The zero-order valence-corrected chi connectivity index (χ0v) is 8.95. The summed E-state index contributed by atoms with van der Waals surface area (Å²) in [6.45, 7) is 6.37. The summed E-state index contributed by atoms with van der Waals surface area (Å²) in [5.41, 5.74) is 0. The second-order valence-corrected chi connectivity index (χ2v) is 3.12. The largest absolute Gasteiger partial charge is 0.383 e. The summed E-state index contributed by atoms with van der Waals surface area (Å²) in [6, 6.07) is 0.514. The van der Waals surface area contributed by atoms with Gasteiger partial charge in [0, 0.05) is 19.7 Å². The number of ether oxygens (including phenoxy) is 1. The molecular formula is C10H21NO2. The lowest BCUT2D eigenvalue weighted by Gasteiger charge is -2.28. The minimum atomic E-state index is 0.514. The monoisotopic (exact) mass is 187 g/mol. The van der Waals surface area contributed by atoms with E-state index in [4.69, 9.17) is 4.74 Å². The predicted octanol–water partition coefficient (Wildman–Crippen LogP) is 1.32. The molecule has 3 nitrogen and oxygen atoms in total. The van der Waals surface area contributed by atoms with Gasteiger partial charge in [0.25, 0.3) is 0 Å². The molecule has 78 valence electrons. The summed E-state index contributed by atoms with van der Waals surface area (Å²) in [5.74, 6) is 0. The van der Waals surface area contributed by atoms with Crippen LogP contribution in [0.15, 0.2) is 0 Å². The van der Waals surface area contributed by atoms with Crippen LogP contribution in [-0.2, 0) is 9.53 Å². The lowest BCUT2D eigenvalue weighted by atomic mass is 10.1. The topological polar surface area (TPSA) is 29.5 Å². The zero-order chi connectivity index (χ0) is 10.1. The second-order valence-electron chi connectivity index (χ2n) is 3.12. The molecule has 0 aliphatic carbocycles. The van der Waals surface area contributed by atoms with Crippen LogP contribution in [0, 0.1) is 0 Å². The standard InChI is InChI=1S/C10H21NO2/c1-4-10(5-2)11(6-8-12)7-9-13-3/h8,10H,4-7,9H2,1-3H3. The van der Waals surface area contributed by atoms with Gasteiger partial charge in [0.2, 0.25) is 0 Å². The fourth-order valence-electron chi connectivity index (χ4n) is 1.53. The molecule has 3 heteroatoms. The van der Waals surface area contributed by atoms with Crippen molar-refractivity contribution < 1.29 is 9.53 Å². The molecule has 0 bridgehead atoms. The van der Waals surface area contributed by atoms with Crippen molar-refractivity contribution in [1.29, 1.82) is 0 Å². The summed E-state index contributed by atoms with van der Waals surface area (Å²) < 4.78 is 5.00. The minimum absolute atomic E-state index is 0.514. The predicted molar refractivity (Wildman–Crippen MR) is 53.9 cm³/mol. The van der Waals surface area contributed by atoms with E-state index in [-0.39, 0.29) is 0 Å². The molecule has 0 aromatic carbocycles. The maximum Gasteiger partial charge on any atom is 0.133 e.